The fourth-order valence-corrected chi connectivity index (χ4v) is 1.57. The van der Waals surface area contributed by atoms with E-state index in [4.69, 9.17) is 21.7 Å². The van der Waals surface area contributed by atoms with Crippen molar-refractivity contribution in [1.29, 1.82) is 0 Å². The molecule has 0 unspecified atom stereocenters. The third kappa shape index (κ3) is 3.89. The zero-order chi connectivity index (χ0) is 13.4. The van der Waals surface area contributed by atoms with Gasteiger partial charge < -0.3 is 14.8 Å². The van der Waals surface area contributed by atoms with Crippen LogP contribution < -0.4 is 20.2 Å². The molecule has 0 aromatic heterocycles. The molecule has 0 fully saturated rings. The van der Waals surface area contributed by atoms with Crippen LogP contribution >= 0.6 is 12.2 Å². The maximum absolute atomic E-state index is 5.28. The Morgan fingerprint density at radius 2 is 2.17 bits per heavy atom. The fraction of sp³-hybridized carbons (Fsp3) is 0.333. The van der Waals surface area contributed by atoms with E-state index < -0.39 is 0 Å². The largest absolute Gasteiger partial charge is 0.493 e. The Morgan fingerprint density at radius 3 is 2.78 bits per heavy atom. The number of thiocarbonyl (C=S) groups is 1. The predicted octanol–water partition coefficient (Wildman–Crippen LogP) is 1.52. The zero-order valence-electron chi connectivity index (χ0n) is 10.7. The highest BCUT2D eigenvalue weighted by Crippen LogP contribution is 2.29. The molecule has 1 aromatic carbocycles. The first-order valence-electron chi connectivity index (χ1n) is 5.50. The highest BCUT2D eigenvalue weighted by molar-refractivity contribution is 7.80. The second-order valence-corrected chi connectivity index (χ2v) is 3.72. The Balaban J connectivity index is 2.77. The molecule has 0 aliphatic heterocycles. The van der Waals surface area contributed by atoms with E-state index in [1.54, 1.807) is 20.4 Å². The van der Waals surface area contributed by atoms with Crippen LogP contribution in [0.2, 0.25) is 0 Å². The molecule has 1 aromatic rings. The van der Waals surface area contributed by atoms with Gasteiger partial charge in [0.25, 0.3) is 0 Å². The van der Waals surface area contributed by atoms with Crippen LogP contribution in [-0.4, -0.2) is 32.1 Å². The zero-order valence-corrected chi connectivity index (χ0v) is 11.5. The van der Waals surface area contributed by atoms with Gasteiger partial charge in [-0.3, -0.25) is 5.43 Å². The fourth-order valence-electron chi connectivity index (χ4n) is 1.37. The summed E-state index contributed by atoms with van der Waals surface area (Å²) in [6.45, 7) is 2.71. The first-order valence-corrected chi connectivity index (χ1v) is 5.91. The van der Waals surface area contributed by atoms with Gasteiger partial charge in [0.2, 0.25) is 0 Å². The van der Waals surface area contributed by atoms with Gasteiger partial charge in [-0.25, -0.2) is 0 Å². The molecule has 18 heavy (non-hydrogen) atoms. The summed E-state index contributed by atoms with van der Waals surface area (Å²) in [5.74, 6) is 1.30. The maximum Gasteiger partial charge on any atom is 0.186 e. The molecule has 1 rings (SSSR count). The molecule has 0 saturated carbocycles. The lowest BCUT2D eigenvalue weighted by atomic mass is 10.2. The van der Waals surface area contributed by atoms with E-state index in [0.717, 1.165) is 12.1 Å². The Kier molecular flexibility index (Phi) is 5.93. The first kappa shape index (κ1) is 14.2. The quantitative estimate of drug-likeness (QED) is 0.481. The van der Waals surface area contributed by atoms with Crippen LogP contribution in [0.1, 0.15) is 12.5 Å². The van der Waals surface area contributed by atoms with Crippen molar-refractivity contribution in [3.8, 4) is 11.5 Å². The van der Waals surface area contributed by atoms with Crippen molar-refractivity contribution in [3.63, 3.8) is 0 Å². The van der Waals surface area contributed by atoms with Crippen molar-refractivity contribution < 1.29 is 9.47 Å². The van der Waals surface area contributed by atoms with Gasteiger partial charge in [0.15, 0.2) is 16.6 Å². The molecule has 0 bridgehead atoms. The van der Waals surface area contributed by atoms with E-state index >= 15 is 0 Å². The summed E-state index contributed by atoms with van der Waals surface area (Å²) in [6, 6.07) is 5.57. The van der Waals surface area contributed by atoms with Crippen molar-refractivity contribution in [2.45, 2.75) is 6.92 Å². The number of nitrogens with zero attached hydrogens (tertiary/aromatic N) is 1. The lowest BCUT2D eigenvalue weighted by molar-refractivity contribution is 0.354. The normalized spacial score (nSPS) is 10.2. The Morgan fingerprint density at radius 1 is 1.39 bits per heavy atom. The second kappa shape index (κ2) is 7.50. The minimum atomic E-state index is 0.482. The summed E-state index contributed by atoms with van der Waals surface area (Å²) >= 11 is 4.99. The molecular formula is C12H17N3O2S. The average molecular weight is 267 g/mol. The van der Waals surface area contributed by atoms with E-state index in [0.29, 0.717) is 16.6 Å². The summed E-state index contributed by atoms with van der Waals surface area (Å²) in [5.41, 5.74) is 3.52. The topological polar surface area (TPSA) is 54.9 Å². The molecule has 0 amide bonds. The summed E-state index contributed by atoms with van der Waals surface area (Å²) in [4.78, 5) is 0. The van der Waals surface area contributed by atoms with Gasteiger partial charge in [0.1, 0.15) is 0 Å². The van der Waals surface area contributed by atoms with E-state index in [1.165, 1.54) is 0 Å². The third-order valence-corrected chi connectivity index (χ3v) is 2.38. The molecule has 5 nitrogen and oxygen atoms in total. The number of rotatable bonds is 5. The van der Waals surface area contributed by atoms with E-state index in [-0.39, 0.29) is 0 Å². The smallest absolute Gasteiger partial charge is 0.186 e. The molecule has 0 atom stereocenters. The average Bonchev–Trinajstić information content (AvgIpc) is 2.38. The third-order valence-electron chi connectivity index (χ3n) is 2.14. The number of nitrogens with one attached hydrogen (secondary N) is 2. The minimum Gasteiger partial charge on any atom is -0.493 e. The lowest BCUT2D eigenvalue weighted by Gasteiger charge is -2.09. The van der Waals surface area contributed by atoms with Gasteiger partial charge in [-0.15, -0.1) is 0 Å². The summed E-state index contributed by atoms with van der Waals surface area (Å²) < 4.78 is 10.5. The monoisotopic (exact) mass is 267 g/mol. The number of methoxy groups -OCH3 is 2. The number of para-hydroxylation sites is 1. The molecule has 0 saturated heterocycles. The number of ether oxygens (including phenoxy) is 2. The number of hydrazone groups is 1. The molecule has 6 heteroatoms. The van der Waals surface area contributed by atoms with Crippen molar-refractivity contribution >= 4 is 23.5 Å². The van der Waals surface area contributed by atoms with Crippen LogP contribution in [0.4, 0.5) is 0 Å². The molecule has 0 radical (unpaired) electrons. The molecule has 0 aliphatic rings. The van der Waals surface area contributed by atoms with Gasteiger partial charge in [0, 0.05) is 12.1 Å². The first-order chi connectivity index (χ1) is 8.72. The van der Waals surface area contributed by atoms with Crippen molar-refractivity contribution in [1.82, 2.24) is 10.7 Å². The van der Waals surface area contributed by atoms with Crippen LogP contribution in [0, 0.1) is 0 Å². The molecule has 0 aliphatic carbocycles. The molecule has 2 N–H and O–H groups in total. The van der Waals surface area contributed by atoms with Gasteiger partial charge >= 0.3 is 0 Å². The standard InChI is InChI=1S/C12H17N3O2S/c1-4-13-12(18)15-14-8-9-6-5-7-10(16-2)11(9)17-3/h5-8H,4H2,1-3H3,(H2,13,15,18)/b14-8+. The Labute approximate surface area is 112 Å². The number of hydrogen-bond donors (Lipinski definition) is 2. The van der Waals surface area contributed by atoms with Crippen molar-refractivity contribution in [2.75, 3.05) is 20.8 Å². The number of benzene rings is 1. The highest BCUT2D eigenvalue weighted by atomic mass is 32.1. The maximum atomic E-state index is 5.28. The van der Waals surface area contributed by atoms with Crippen LogP contribution in [0.5, 0.6) is 11.5 Å². The van der Waals surface area contributed by atoms with Crippen LogP contribution in [-0.2, 0) is 0 Å². The van der Waals surface area contributed by atoms with Crippen LogP contribution in [0.3, 0.4) is 0 Å². The summed E-state index contributed by atoms with van der Waals surface area (Å²) in [6.07, 6.45) is 1.63. The van der Waals surface area contributed by atoms with Crippen molar-refractivity contribution in [3.05, 3.63) is 23.8 Å². The van der Waals surface area contributed by atoms with Crippen molar-refractivity contribution in [2.24, 2.45) is 5.10 Å². The van der Waals surface area contributed by atoms with Crippen LogP contribution in [0.15, 0.2) is 23.3 Å². The Hall–Kier alpha value is -1.82. The number of hydrogen-bond acceptors (Lipinski definition) is 4. The molecule has 0 heterocycles. The second-order valence-electron chi connectivity index (χ2n) is 3.31. The van der Waals surface area contributed by atoms with E-state index in [2.05, 4.69) is 15.8 Å². The summed E-state index contributed by atoms with van der Waals surface area (Å²) in [5, 5.41) is 7.45. The Bertz CT molecular complexity index is 435. The molecular weight excluding hydrogens is 250 g/mol. The van der Waals surface area contributed by atoms with Crippen LogP contribution in [0.25, 0.3) is 0 Å². The van der Waals surface area contributed by atoms with Gasteiger partial charge in [-0.1, -0.05) is 6.07 Å². The molecule has 0 spiro atoms. The van der Waals surface area contributed by atoms with Gasteiger partial charge in [-0.05, 0) is 31.3 Å². The van der Waals surface area contributed by atoms with Gasteiger partial charge in [-0.2, -0.15) is 5.10 Å². The van der Waals surface area contributed by atoms with E-state index in [9.17, 15) is 0 Å². The predicted molar refractivity (Wildman–Crippen MR) is 76.6 cm³/mol. The minimum absolute atomic E-state index is 0.482. The summed E-state index contributed by atoms with van der Waals surface area (Å²) in [7, 11) is 3.18. The SMILES string of the molecule is CCNC(=S)N/N=C/c1cccc(OC)c1OC. The highest BCUT2D eigenvalue weighted by Gasteiger charge is 2.06. The van der Waals surface area contributed by atoms with Gasteiger partial charge in [0.05, 0.1) is 20.4 Å². The molecule has 98 valence electrons. The van der Waals surface area contributed by atoms with E-state index in [1.807, 2.05) is 25.1 Å². The lowest BCUT2D eigenvalue weighted by Crippen LogP contribution is -2.31.